The van der Waals surface area contributed by atoms with Gasteiger partial charge in [-0.1, -0.05) is 6.07 Å². The van der Waals surface area contributed by atoms with Crippen LogP contribution in [0.2, 0.25) is 0 Å². The van der Waals surface area contributed by atoms with E-state index in [-0.39, 0.29) is 0 Å². The van der Waals surface area contributed by atoms with Gasteiger partial charge in [0.15, 0.2) is 0 Å². The van der Waals surface area contributed by atoms with Crippen molar-refractivity contribution in [3.63, 3.8) is 0 Å². The third-order valence-electron chi connectivity index (χ3n) is 1.39. The van der Waals surface area contributed by atoms with Crippen LogP contribution in [-0.2, 0) is 10.0 Å². The first-order valence-electron chi connectivity index (χ1n) is 3.18. The lowest BCUT2D eigenvalue weighted by atomic mass is 10.2. The standard InChI is InChI=1S/C7H5FN2O2S/c8-6-2-1-3-7(5(6)4-9)13(10,11)12/h1-3H,(H2,10,11,12). The highest BCUT2D eigenvalue weighted by atomic mass is 32.2. The maximum Gasteiger partial charge on any atom is 0.239 e. The molecule has 6 heteroatoms. The summed E-state index contributed by atoms with van der Waals surface area (Å²) in [5, 5.41) is 13.2. The molecular weight excluding hydrogens is 195 g/mol. The molecule has 0 aromatic heterocycles. The van der Waals surface area contributed by atoms with Gasteiger partial charge < -0.3 is 0 Å². The van der Waals surface area contributed by atoms with E-state index < -0.39 is 26.3 Å². The molecule has 0 saturated carbocycles. The van der Waals surface area contributed by atoms with E-state index in [4.69, 9.17) is 10.4 Å². The molecule has 1 rings (SSSR count). The Labute approximate surface area is 74.5 Å². The predicted octanol–water partition coefficient (Wildman–Crippen LogP) is 0.345. The Hall–Kier alpha value is -1.45. The van der Waals surface area contributed by atoms with Crippen molar-refractivity contribution < 1.29 is 12.8 Å². The molecule has 0 aliphatic heterocycles. The summed E-state index contributed by atoms with van der Waals surface area (Å²) in [5.41, 5.74) is -0.551. The second-order valence-corrected chi connectivity index (χ2v) is 3.80. The highest BCUT2D eigenvalue weighted by Crippen LogP contribution is 2.15. The molecule has 0 heterocycles. The van der Waals surface area contributed by atoms with Gasteiger partial charge in [-0.2, -0.15) is 5.26 Å². The topological polar surface area (TPSA) is 83.9 Å². The molecule has 0 aliphatic carbocycles. The monoisotopic (exact) mass is 200 g/mol. The molecule has 0 unspecified atom stereocenters. The molecule has 13 heavy (non-hydrogen) atoms. The Kier molecular flexibility index (Phi) is 2.32. The summed E-state index contributed by atoms with van der Waals surface area (Å²) in [6, 6.07) is 4.69. The fourth-order valence-corrected chi connectivity index (χ4v) is 1.55. The minimum Gasteiger partial charge on any atom is -0.225 e. The molecule has 68 valence electrons. The smallest absolute Gasteiger partial charge is 0.225 e. The van der Waals surface area contributed by atoms with E-state index in [9.17, 15) is 12.8 Å². The van der Waals surface area contributed by atoms with E-state index in [1.165, 1.54) is 12.1 Å². The summed E-state index contributed by atoms with van der Waals surface area (Å²) in [7, 11) is -4.03. The fraction of sp³-hybridized carbons (Fsp3) is 0. The van der Waals surface area contributed by atoms with Gasteiger partial charge >= 0.3 is 0 Å². The van der Waals surface area contributed by atoms with E-state index in [2.05, 4.69) is 0 Å². The number of rotatable bonds is 1. The molecular formula is C7H5FN2O2S. The molecule has 0 bridgehead atoms. The van der Waals surface area contributed by atoms with Crippen LogP contribution in [0.1, 0.15) is 5.56 Å². The van der Waals surface area contributed by atoms with E-state index >= 15 is 0 Å². The van der Waals surface area contributed by atoms with Gasteiger partial charge in [0.1, 0.15) is 22.3 Å². The Morgan fingerprint density at radius 3 is 2.46 bits per heavy atom. The second-order valence-electron chi connectivity index (χ2n) is 2.27. The zero-order chi connectivity index (χ0) is 10.1. The van der Waals surface area contributed by atoms with Gasteiger partial charge in [0.2, 0.25) is 10.0 Å². The van der Waals surface area contributed by atoms with Crippen LogP contribution in [-0.4, -0.2) is 8.42 Å². The van der Waals surface area contributed by atoms with Crippen molar-refractivity contribution in [2.45, 2.75) is 4.90 Å². The van der Waals surface area contributed by atoms with Crippen molar-refractivity contribution in [1.82, 2.24) is 0 Å². The van der Waals surface area contributed by atoms with Crippen molar-refractivity contribution in [2.24, 2.45) is 5.14 Å². The van der Waals surface area contributed by atoms with E-state index in [1.807, 2.05) is 0 Å². The Bertz CT molecular complexity index is 476. The van der Waals surface area contributed by atoms with Crippen molar-refractivity contribution in [3.8, 4) is 6.07 Å². The van der Waals surface area contributed by atoms with Crippen LogP contribution < -0.4 is 5.14 Å². The van der Waals surface area contributed by atoms with Crippen molar-refractivity contribution in [1.29, 1.82) is 5.26 Å². The number of benzene rings is 1. The molecule has 0 spiro atoms. The number of sulfonamides is 1. The van der Waals surface area contributed by atoms with Crippen LogP contribution in [0.4, 0.5) is 4.39 Å². The number of nitriles is 1. The minimum atomic E-state index is -4.03. The maximum absolute atomic E-state index is 12.8. The zero-order valence-electron chi connectivity index (χ0n) is 6.36. The van der Waals surface area contributed by atoms with Crippen LogP contribution >= 0.6 is 0 Å². The maximum atomic E-state index is 12.8. The third kappa shape index (κ3) is 1.83. The van der Waals surface area contributed by atoms with Crippen LogP contribution in [0.15, 0.2) is 23.1 Å². The van der Waals surface area contributed by atoms with E-state index in [0.29, 0.717) is 0 Å². The van der Waals surface area contributed by atoms with Crippen LogP contribution in [0.5, 0.6) is 0 Å². The number of hydrogen-bond acceptors (Lipinski definition) is 3. The number of nitrogens with zero attached hydrogens (tertiary/aromatic N) is 1. The Balaban J connectivity index is 3.59. The van der Waals surface area contributed by atoms with Gasteiger partial charge in [-0.15, -0.1) is 0 Å². The third-order valence-corrected chi connectivity index (χ3v) is 2.35. The highest BCUT2D eigenvalue weighted by Gasteiger charge is 2.16. The van der Waals surface area contributed by atoms with E-state index in [1.54, 1.807) is 0 Å². The van der Waals surface area contributed by atoms with Crippen LogP contribution in [0.3, 0.4) is 0 Å². The highest BCUT2D eigenvalue weighted by molar-refractivity contribution is 7.89. The second kappa shape index (κ2) is 3.12. The normalized spacial score (nSPS) is 10.8. The number of primary sulfonamides is 1. The molecule has 1 aromatic rings. The van der Waals surface area contributed by atoms with Crippen LogP contribution in [0.25, 0.3) is 0 Å². The SMILES string of the molecule is N#Cc1c(F)cccc1S(N)(=O)=O. The summed E-state index contributed by atoms with van der Waals surface area (Å²) in [4.78, 5) is -0.491. The lowest BCUT2D eigenvalue weighted by Gasteiger charge is -2.00. The summed E-state index contributed by atoms with van der Waals surface area (Å²) in [5.74, 6) is -0.894. The first-order valence-corrected chi connectivity index (χ1v) is 4.73. The molecule has 0 aliphatic rings. The van der Waals surface area contributed by atoms with Gasteiger partial charge in [0.25, 0.3) is 0 Å². The fourth-order valence-electron chi connectivity index (χ4n) is 0.850. The molecule has 4 nitrogen and oxygen atoms in total. The first-order chi connectivity index (χ1) is 5.96. The molecule has 0 fully saturated rings. The van der Waals surface area contributed by atoms with Gasteiger partial charge in [-0.25, -0.2) is 17.9 Å². The van der Waals surface area contributed by atoms with Gasteiger partial charge in [0, 0.05) is 0 Å². The summed E-state index contributed by atoms with van der Waals surface area (Å²) in [6.07, 6.45) is 0. The average Bonchev–Trinajstić information content (AvgIpc) is 2.02. The van der Waals surface area contributed by atoms with E-state index in [0.717, 1.165) is 12.1 Å². The average molecular weight is 200 g/mol. The summed E-state index contributed by atoms with van der Waals surface area (Å²) >= 11 is 0. The van der Waals surface area contributed by atoms with Gasteiger partial charge in [-0.3, -0.25) is 0 Å². The molecule has 2 N–H and O–H groups in total. The largest absolute Gasteiger partial charge is 0.239 e. The van der Waals surface area contributed by atoms with Crippen molar-refractivity contribution in [2.75, 3.05) is 0 Å². The zero-order valence-corrected chi connectivity index (χ0v) is 7.18. The minimum absolute atomic E-state index is 0.491. The van der Waals surface area contributed by atoms with Gasteiger partial charge in [-0.05, 0) is 12.1 Å². The Morgan fingerprint density at radius 2 is 2.08 bits per heavy atom. The molecule has 0 radical (unpaired) electrons. The first kappa shape index (κ1) is 9.64. The predicted molar refractivity (Wildman–Crippen MR) is 42.5 cm³/mol. The number of hydrogen-bond donors (Lipinski definition) is 1. The quantitative estimate of drug-likeness (QED) is 0.709. The summed E-state index contributed by atoms with van der Waals surface area (Å²) < 4.78 is 34.5. The van der Waals surface area contributed by atoms with Crippen LogP contribution in [0, 0.1) is 17.1 Å². The lowest BCUT2D eigenvalue weighted by molar-refractivity contribution is 0.590. The van der Waals surface area contributed by atoms with Gasteiger partial charge in [0.05, 0.1) is 0 Å². The Morgan fingerprint density at radius 1 is 1.46 bits per heavy atom. The lowest BCUT2D eigenvalue weighted by Crippen LogP contribution is -2.14. The molecule has 0 saturated heterocycles. The summed E-state index contributed by atoms with van der Waals surface area (Å²) in [6.45, 7) is 0. The van der Waals surface area contributed by atoms with Crippen molar-refractivity contribution in [3.05, 3.63) is 29.6 Å². The molecule has 0 amide bonds. The number of nitrogens with two attached hydrogens (primary N) is 1. The molecule has 1 aromatic carbocycles. The molecule has 0 atom stereocenters. The number of halogens is 1. The van der Waals surface area contributed by atoms with Crippen molar-refractivity contribution >= 4 is 10.0 Å².